The molecule has 1 aliphatic carbocycles. The van der Waals surface area contributed by atoms with Gasteiger partial charge in [0.15, 0.2) is 0 Å². The molecule has 1 heterocycles. The standard InChI is InChI=1S/C19H22N2O5/c1-11(21-18(23)13-6-4-5-7-14(13)19(21)24)17(22)20-15-9-8-12(25-2)10-16(15)26-3/h4-5,8-11,13-14H,6-7H2,1-3H3,(H,20,22)/t11-,13-,14-/m0/s1. The fourth-order valence-electron chi connectivity index (χ4n) is 3.46. The topological polar surface area (TPSA) is 84.9 Å². The van der Waals surface area contributed by atoms with E-state index in [0.29, 0.717) is 30.0 Å². The summed E-state index contributed by atoms with van der Waals surface area (Å²) in [5.74, 6) is -0.656. The Labute approximate surface area is 151 Å². The Kier molecular flexibility index (Phi) is 4.97. The highest BCUT2D eigenvalue weighted by Crippen LogP contribution is 2.36. The highest BCUT2D eigenvalue weighted by Gasteiger charge is 2.50. The first-order valence-corrected chi connectivity index (χ1v) is 8.52. The minimum Gasteiger partial charge on any atom is -0.497 e. The number of amides is 3. The van der Waals surface area contributed by atoms with Crippen LogP contribution in [-0.4, -0.2) is 42.9 Å². The smallest absolute Gasteiger partial charge is 0.247 e. The van der Waals surface area contributed by atoms with Crippen LogP contribution in [-0.2, 0) is 14.4 Å². The molecule has 3 atom stereocenters. The van der Waals surface area contributed by atoms with Crippen LogP contribution in [0.2, 0.25) is 0 Å². The minimum atomic E-state index is -0.896. The lowest BCUT2D eigenvalue weighted by molar-refractivity contribution is -0.146. The van der Waals surface area contributed by atoms with Crippen LogP contribution < -0.4 is 14.8 Å². The van der Waals surface area contributed by atoms with Gasteiger partial charge in [-0.1, -0.05) is 12.2 Å². The Bertz CT molecular complexity index is 747. The van der Waals surface area contributed by atoms with Gasteiger partial charge in [-0.05, 0) is 31.9 Å². The Morgan fingerprint density at radius 1 is 1.12 bits per heavy atom. The van der Waals surface area contributed by atoms with Crippen LogP contribution in [0, 0.1) is 11.8 Å². The van der Waals surface area contributed by atoms with Crippen LogP contribution in [0.15, 0.2) is 30.4 Å². The van der Waals surface area contributed by atoms with Gasteiger partial charge in [0, 0.05) is 6.07 Å². The maximum atomic E-state index is 12.7. The first-order chi connectivity index (χ1) is 12.5. The van der Waals surface area contributed by atoms with Crippen molar-refractivity contribution in [3.05, 3.63) is 30.4 Å². The van der Waals surface area contributed by atoms with E-state index in [2.05, 4.69) is 5.32 Å². The van der Waals surface area contributed by atoms with E-state index in [1.165, 1.54) is 14.2 Å². The average molecular weight is 358 g/mol. The monoisotopic (exact) mass is 358 g/mol. The number of hydrogen-bond acceptors (Lipinski definition) is 5. The van der Waals surface area contributed by atoms with Crippen molar-refractivity contribution in [3.63, 3.8) is 0 Å². The van der Waals surface area contributed by atoms with Gasteiger partial charge in [0.25, 0.3) is 0 Å². The molecule has 0 radical (unpaired) electrons. The fourth-order valence-corrected chi connectivity index (χ4v) is 3.46. The molecule has 138 valence electrons. The largest absolute Gasteiger partial charge is 0.497 e. The maximum absolute atomic E-state index is 12.7. The number of hydrogen-bond donors (Lipinski definition) is 1. The van der Waals surface area contributed by atoms with Crippen molar-refractivity contribution in [2.24, 2.45) is 11.8 Å². The van der Waals surface area contributed by atoms with E-state index in [1.807, 2.05) is 12.2 Å². The molecule has 1 fully saturated rings. The van der Waals surface area contributed by atoms with Crippen molar-refractivity contribution in [1.82, 2.24) is 4.90 Å². The van der Waals surface area contributed by atoms with Gasteiger partial charge in [0.05, 0.1) is 31.7 Å². The second kappa shape index (κ2) is 7.19. The van der Waals surface area contributed by atoms with Crippen LogP contribution >= 0.6 is 0 Å². The van der Waals surface area contributed by atoms with E-state index in [1.54, 1.807) is 25.1 Å². The SMILES string of the molecule is COc1ccc(NC(=O)[C@H](C)N2C(=O)[C@H]3CC=CC[C@@H]3C2=O)c(OC)c1. The molecule has 7 heteroatoms. The summed E-state index contributed by atoms with van der Waals surface area (Å²) in [6.45, 7) is 1.56. The quantitative estimate of drug-likeness (QED) is 0.643. The zero-order valence-corrected chi connectivity index (χ0v) is 15.0. The lowest BCUT2D eigenvalue weighted by Crippen LogP contribution is -2.46. The van der Waals surface area contributed by atoms with Gasteiger partial charge in [-0.15, -0.1) is 0 Å². The van der Waals surface area contributed by atoms with Crippen LogP contribution in [0.25, 0.3) is 0 Å². The molecule has 1 saturated heterocycles. The Balaban J connectivity index is 1.76. The van der Waals surface area contributed by atoms with Crippen molar-refractivity contribution >= 4 is 23.4 Å². The zero-order valence-electron chi connectivity index (χ0n) is 15.0. The number of benzene rings is 1. The number of imide groups is 1. The van der Waals surface area contributed by atoms with E-state index in [9.17, 15) is 14.4 Å². The predicted octanol–water partition coefficient (Wildman–Crippen LogP) is 1.98. The lowest BCUT2D eigenvalue weighted by atomic mass is 9.85. The molecule has 0 bridgehead atoms. The van der Waals surface area contributed by atoms with Gasteiger partial charge in [-0.2, -0.15) is 0 Å². The van der Waals surface area contributed by atoms with Gasteiger partial charge in [-0.3, -0.25) is 19.3 Å². The third kappa shape index (κ3) is 3.05. The molecule has 7 nitrogen and oxygen atoms in total. The number of anilines is 1. The molecule has 3 amide bonds. The summed E-state index contributed by atoms with van der Waals surface area (Å²) in [5.41, 5.74) is 0.448. The second-order valence-electron chi connectivity index (χ2n) is 6.43. The molecule has 2 aliphatic rings. The second-order valence-corrected chi connectivity index (χ2v) is 6.43. The average Bonchev–Trinajstić information content (AvgIpc) is 2.92. The molecule has 26 heavy (non-hydrogen) atoms. The number of carbonyl (C=O) groups excluding carboxylic acids is 3. The first kappa shape index (κ1) is 18.0. The van der Waals surface area contributed by atoms with Crippen molar-refractivity contribution in [1.29, 1.82) is 0 Å². The first-order valence-electron chi connectivity index (χ1n) is 8.52. The number of ether oxygens (including phenoxy) is 2. The molecule has 0 unspecified atom stereocenters. The minimum absolute atomic E-state index is 0.270. The molecule has 1 aromatic rings. The highest BCUT2D eigenvalue weighted by atomic mass is 16.5. The molecule has 0 spiro atoms. The Hall–Kier alpha value is -2.83. The van der Waals surface area contributed by atoms with Crippen molar-refractivity contribution in [2.45, 2.75) is 25.8 Å². The molecular formula is C19H22N2O5. The van der Waals surface area contributed by atoms with E-state index in [4.69, 9.17) is 9.47 Å². The van der Waals surface area contributed by atoms with Crippen LogP contribution in [0.3, 0.4) is 0 Å². The molecule has 0 aromatic heterocycles. The summed E-state index contributed by atoms with van der Waals surface area (Å²) in [6.07, 6.45) is 4.93. The number of rotatable bonds is 5. The molecule has 3 rings (SSSR count). The van der Waals surface area contributed by atoms with Gasteiger partial charge < -0.3 is 14.8 Å². The number of nitrogens with one attached hydrogen (secondary N) is 1. The van der Waals surface area contributed by atoms with Crippen LogP contribution in [0.1, 0.15) is 19.8 Å². The Morgan fingerprint density at radius 3 is 2.27 bits per heavy atom. The van der Waals surface area contributed by atoms with E-state index >= 15 is 0 Å². The van der Waals surface area contributed by atoms with E-state index in [-0.39, 0.29) is 23.7 Å². The van der Waals surface area contributed by atoms with Crippen LogP contribution in [0.5, 0.6) is 11.5 Å². The zero-order chi connectivity index (χ0) is 18.8. The van der Waals surface area contributed by atoms with Gasteiger partial charge in [0.1, 0.15) is 17.5 Å². The number of methoxy groups -OCH3 is 2. The number of nitrogens with zero attached hydrogens (tertiary/aromatic N) is 1. The van der Waals surface area contributed by atoms with Crippen molar-refractivity contribution < 1.29 is 23.9 Å². The molecule has 1 N–H and O–H groups in total. The third-order valence-corrected chi connectivity index (χ3v) is 4.97. The number of likely N-dealkylation sites (tertiary alicyclic amines) is 1. The normalized spacial score (nSPS) is 22.8. The summed E-state index contributed by atoms with van der Waals surface area (Å²) in [6, 6.07) is 4.09. The van der Waals surface area contributed by atoms with Gasteiger partial charge >= 0.3 is 0 Å². The fraction of sp³-hybridized carbons (Fsp3) is 0.421. The number of fused-ring (bicyclic) bond motifs is 1. The lowest BCUT2D eigenvalue weighted by Gasteiger charge is -2.23. The maximum Gasteiger partial charge on any atom is 0.247 e. The summed E-state index contributed by atoms with van der Waals surface area (Å²) in [4.78, 5) is 39.0. The number of allylic oxidation sites excluding steroid dienone is 2. The highest BCUT2D eigenvalue weighted by molar-refractivity contribution is 6.10. The third-order valence-electron chi connectivity index (χ3n) is 4.97. The summed E-state index contributed by atoms with van der Waals surface area (Å²) in [7, 11) is 3.02. The van der Waals surface area contributed by atoms with Crippen molar-refractivity contribution in [2.75, 3.05) is 19.5 Å². The van der Waals surface area contributed by atoms with Gasteiger partial charge in [-0.25, -0.2) is 0 Å². The van der Waals surface area contributed by atoms with E-state index < -0.39 is 11.9 Å². The summed E-state index contributed by atoms with van der Waals surface area (Å²) < 4.78 is 10.4. The summed E-state index contributed by atoms with van der Waals surface area (Å²) >= 11 is 0. The van der Waals surface area contributed by atoms with Crippen LogP contribution in [0.4, 0.5) is 5.69 Å². The molecule has 1 aliphatic heterocycles. The molecule has 1 aromatic carbocycles. The van der Waals surface area contributed by atoms with Crippen molar-refractivity contribution in [3.8, 4) is 11.5 Å². The summed E-state index contributed by atoms with van der Waals surface area (Å²) in [5, 5.41) is 2.73. The van der Waals surface area contributed by atoms with Gasteiger partial charge in [0.2, 0.25) is 17.7 Å². The predicted molar refractivity (Wildman–Crippen MR) is 94.8 cm³/mol. The Morgan fingerprint density at radius 2 is 1.73 bits per heavy atom. The molecule has 0 saturated carbocycles. The number of carbonyl (C=O) groups is 3. The molecular weight excluding hydrogens is 336 g/mol. The van der Waals surface area contributed by atoms with E-state index in [0.717, 1.165) is 4.90 Å².